The number of nitrogen functional groups attached to an aromatic ring is 2. The average Bonchev–Trinajstić information content (AvgIpc) is 2.50. The Morgan fingerprint density at radius 3 is 2.17 bits per heavy atom. The van der Waals surface area contributed by atoms with Crippen molar-refractivity contribution in [2.24, 2.45) is 0 Å². The molecule has 0 spiro atoms. The number of halogens is 3. The van der Waals surface area contributed by atoms with Crippen LogP contribution in [0.1, 0.15) is 11.1 Å². The fourth-order valence-electron chi connectivity index (χ4n) is 2.27. The number of nitrogens with two attached hydrogens (primary N) is 2. The highest BCUT2D eigenvalue weighted by molar-refractivity contribution is 5.85. The molecule has 2 rings (SSSR count). The summed E-state index contributed by atoms with van der Waals surface area (Å²) in [7, 11) is 0. The van der Waals surface area contributed by atoms with Gasteiger partial charge in [0.05, 0.1) is 29.6 Å². The van der Waals surface area contributed by atoms with Crippen LogP contribution in [0.3, 0.4) is 0 Å². The van der Waals surface area contributed by atoms with E-state index < -0.39 is 24.5 Å². The molecule has 4 nitrogen and oxygen atoms in total. The smallest absolute Gasteiger partial charge is 0.397 e. The second-order valence-corrected chi connectivity index (χ2v) is 5.26. The van der Waals surface area contributed by atoms with Crippen LogP contribution >= 0.6 is 0 Å². The highest BCUT2D eigenvalue weighted by Gasteiger charge is 2.30. The lowest BCUT2D eigenvalue weighted by molar-refractivity contribution is -0.137. The van der Waals surface area contributed by atoms with Gasteiger partial charge < -0.3 is 21.7 Å². The molecule has 6 N–H and O–H groups in total. The summed E-state index contributed by atoms with van der Waals surface area (Å²) in [6.07, 6.45) is -5.19. The number of hydrogen-bond acceptors (Lipinski definition) is 4. The maximum absolute atomic E-state index is 12.6. The van der Waals surface area contributed by atoms with Gasteiger partial charge in [0.1, 0.15) is 0 Å². The molecule has 0 aliphatic rings. The molecular formula is C16H17F3N2O2. The molecule has 0 bridgehead atoms. The van der Waals surface area contributed by atoms with E-state index in [9.17, 15) is 18.3 Å². The molecule has 7 heteroatoms. The second kappa shape index (κ2) is 6.47. The van der Waals surface area contributed by atoms with Gasteiger partial charge in [0, 0.05) is 12.0 Å². The van der Waals surface area contributed by atoms with Crippen LogP contribution in [0.2, 0.25) is 0 Å². The molecule has 0 fully saturated rings. The molecule has 0 radical (unpaired) electrons. The minimum Gasteiger partial charge on any atom is -0.397 e. The Kier molecular flexibility index (Phi) is 4.82. The highest BCUT2D eigenvalue weighted by Crippen LogP contribution is 2.35. The number of benzene rings is 2. The van der Waals surface area contributed by atoms with Gasteiger partial charge in [-0.3, -0.25) is 0 Å². The quantitative estimate of drug-likeness (QED) is 0.649. The number of rotatable bonds is 4. The van der Waals surface area contributed by atoms with Crippen molar-refractivity contribution in [2.45, 2.75) is 18.7 Å². The highest BCUT2D eigenvalue weighted by atomic mass is 19.4. The zero-order chi connectivity index (χ0) is 17.2. The molecule has 1 atom stereocenters. The summed E-state index contributed by atoms with van der Waals surface area (Å²) in [6.45, 7) is -0.403. The standard InChI is InChI=1S/C16H17F3N2O2/c17-16(18,19)11-3-1-10(2-4-11)13-6-9(5-12(23)8-22)7-14(20)15(13)21/h1-4,6-7,12,22-23H,5,8,20-21H2. The van der Waals surface area contributed by atoms with Crippen LogP contribution in [0.15, 0.2) is 36.4 Å². The van der Waals surface area contributed by atoms with E-state index in [1.165, 1.54) is 12.1 Å². The molecule has 0 heterocycles. The summed E-state index contributed by atoms with van der Waals surface area (Å²) >= 11 is 0. The zero-order valence-corrected chi connectivity index (χ0v) is 12.1. The van der Waals surface area contributed by atoms with E-state index in [0.717, 1.165) is 12.1 Å². The molecule has 0 aliphatic heterocycles. The largest absolute Gasteiger partial charge is 0.416 e. The van der Waals surface area contributed by atoms with Crippen molar-refractivity contribution in [3.8, 4) is 11.1 Å². The normalized spacial score (nSPS) is 13.1. The molecule has 0 saturated heterocycles. The molecule has 0 aliphatic carbocycles. The second-order valence-electron chi connectivity index (χ2n) is 5.26. The SMILES string of the molecule is Nc1cc(CC(O)CO)cc(-c2ccc(C(F)(F)F)cc2)c1N. The van der Waals surface area contributed by atoms with E-state index >= 15 is 0 Å². The number of anilines is 2. The summed E-state index contributed by atoms with van der Waals surface area (Å²) < 4.78 is 37.8. The van der Waals surface area contributed by atoms with Gasteiger partial charge in [-0.25, -0.2) is 0 Å². The maximum atomic E-state index is 12.6. The van der Waals surface area contributed by atoms with E-state index in [-0.39, 0.29) is 17.8 Å². The average molecular weight is 326 g/mol. The molecule has 0 amide bonds. The van der Waals surface area contributed by atoms with Gasteiger partial charge in [-0.1, -0.05) is 12.1 Å². The third-order valence-electron chi connectivity index (χ3n) is 3.48. The van der Waals surface area contributed by atoms with Crippen molar-refractivity contribution < 1.29 is 23.4 Å². The van der Waals surface area contributed by atoms with E-state index in [0.29, 0.717) is 16.7 Å². The zero-order valence-electron chi connectivity index (χ0n) is 12.1. The minimum absolute atomic E-state index is 0.161. The summed E-state index contributed by atoms with van der Waals surface area (Å²) in [5, 5.41) is 18.4. The number of aliphatic hydroxyl groups is 2. The van der Waals surface area contributed by atoms with Gasteiger partial charge in [-0.15, -0.1) is 0 Å². The van der Waals surface area contributed by atoms with Crippen molar-refractivity contribution in [1.29, 1.82) is 0 Å². The Morgan fingerprint density at radius 1 is 1.04 bits per heavy atom. The van der Waals surface area contributed by atoms with Crippen LogP contribution in [0.5, 0.6) is 0 Å². The summed E-state index contributed by atoms with van der Waals surface area (Å²) in [4.78, 5) is 0. The monoisotopic (exact) mass is 326 g/mol. The Morgan fingerprint density at radius 2 is 1.65 bits per heavy atom. The summed E-state index contributed by atoms with van der Waals surface area (Å²) in [5.74, 6) is 0. The topological polar surface area (TPSA) is 92.5 Å². The predicted octanol–water partition coefficient (Wildman–Crippen LogP) is 2.43. The van der Waals surface area contributed by atoms with E-state index in [4.69, 9.17) is 16.6 Å². The first kappa shape index (κ1) is 17.1. The Hall–Kier alpha value is -2.25. The fourth-order valence-corrected chi connectivity index (χ4v) is 2.27. The third-order valence-corrected chi connectivity index (χ3v) is 3.48. The van der Waals surface area contributed by atoms with Gasteiger partial charge in [-0.2, -0.15) is 13.2 Å². The maximum Gasteiger partial charge on any atom is 0.416 e. The van der Waals surface area contributed by atoms with Gasteiger partial charge in [-0.05, 0) is 35.4 Å². The Labute approximate surface area is 131 Å². The van der Waals surface area contributed by atoms with Crippen LogP contribution in [-0.2, 0) is 12.6 Å². The minimum atomic E-state index is -4.41. The van der Waals surface area contributed by atoms with Crippen molar-refractivity contribution in [3.05, 3.63) is 47.5 Å². The molecule has 23 heavy (non-hydrogen) atoms. The van der Waals surface area contributed by atoms with Gasteiger partial charge in [0.25, 0.3) is 0 Å². The van der Waals surface area contributed by atoms with Crippen molar-refractivity contribution in [3.63, 3.8) is 0 Å². The first-order valence-electron chi connectivity index (χ1n) is 6.86. The molecule has 2 aromatic carbocycles. The lowest BCUT2D eigenvalue weighted by atomic mass is 9.96. The number of hydrogen-bond donors (Lipinski definition) is 4. The molecular weight excluding hydrogens is 309 g/mol. The van der Waals surface area contributed by atoms with E-state index in [2.05, 4.69) is 0 Å². The van der Waals surface area contributed by atoms with Crippen LogP contribution in [0.25, 0.3) is 11.1 Å². The Balaban J connectivity index is 2.42. The third kappa shape index (κ3) is 3.94. The summed E-state index contributed by atoms with van der Waals surface area (Å²) in [6, 6.07) is 7.80. The van der Waals surface area contributed by atoms with Crippen LogP contribution in [0.4, 0.5) is 24.5 Å². The molecule has 2 aromatic rings. The van der Waals surface area contributed by atoms with Crippen LogP contribution in [0, 0.1) is 0 Å². The van der Waals surface area contributed by atoms with E-state index in [1.807, 2.05) is 0 Å². The first-order valence-corrected chi connectivity index (χ1v) is 6.86. The lowest BCUT2D eigenvalue weighted by Gasteiger charge is -2.14. The molecule has 124 valence electrons. The van der Waals surface area contributed by atoms with E-state index in [1.54, 1.807) is 12.1 Å². The summed E-state index contributed by atoms with van der Waals surface area (Å²) in [5.41, 5.74) is 13.1. The van der Waals surface area contributed by atoms with Gasteiger partial charge >= 0.3 is 6.18 Å². The molecule has 0 saturated carbocycles. The molecule has 1 unspecified atom stereocenters. The first-order chi connectivity index (χ1) is 10.7. The predicted molar refractivity (Wildman–Crippen MR) is 82.5 cm³/mol. The molecule has 0 aromatic heterocycles. The van der Waals surface area contributed by atoms with Crippen molar-refractivity contribution in [2.75, 3.05) is 18.1 Å². The fraction of sp³-hybridized carbons (Fsp3) is 0.250. The van der Waals surface area contributed by atoms with Crippen LogP contribution < -0.4 is 11.5 Å². The lowest BCUT2D eigenvalue weighted by Crippen LogP contribution is -2.15. The Bertz CT molecular complexity index is 685. The van der Waals surface area contributed by atoms with Crippen molar-refractivity contribution in [1.82, 2.24) is 0 Å². The number of aliphatic hydroxyl groups excluding tert-OH is 2. The van der Waals surface area contributed by atoms with Crippen LogP contribution in [-0.4, -0.2) is 22.9 Å². The van der Waals surface area contributed by atoms with Gasteiger partial charge in [0.2, 0.25) is 0 Å². The van der Waals surface area contributed by atoms with Crippen molar-refractivity contribution >= 4 is 11.4 Å². The van der Waals surface area contributed by atoms with Gasteiger partial charge in [0.15, 0.2) is 0 Å². The number of alkyl halides is 3.